The molecule has 3 fully saturated rings. The molecule has 3 heteroatoms. The molecule has 1 aromatic carbocycles. The molecule has 3 saturated carbocycles. The summed E-state index contributed by atoms with van der Waals surface area (Å²) in [5.41, 5.74) is 1.91. The largest absolute Gasteiger partial charge is 0.497 e. The van der Waals surface area contributed by atoms with Gasteiger partial charge in [0.1, 0.15) is 5.75 Å². The summed E-state index contributed by atoms with van der Waals surface area (Å²) < 4.78 is 5.36. The average molecular weight is 323 g/mol. The number of methoxy groups -OCH3 is 1. The molecule has 5 atom stereocenters. The number of hydrogen-bond acceptors (Lipinski definition) is 3. The number of allylic oxidation sites excluding steroid dienone is 1. The Morgan fingerprint density at radius 2 is 2.08 bits per heavy atom. The normalized spacial score (nSPS) is 30.2. The SMILES string of the molecule is C=CC1CC2CCC1CC2C(O)c1ccnc2ccc(OC)cc12. The Bertz CT molecular complexity index is 757. The van der Waals surface area contributed by atoms with Crippen LogP contribution in [0.3, 0.4) is 0 Å². The van der Waals surface area contributed by atoms with Crippen LogP contribution in [-0.2, 0) is 0 Å². The van der Waals surface area contributed by atoms with Crippen LogP contribution in [0, 0.1) is 23.7 Å². The zero-order chi connectivity index (χ0) is 16.7. The lowest BCUT2D eigenvalue weighted by molar-refractivity contribution is -0.0217. The number of hydrogen-bond donors (Lipinski definition) is 1. The number of nitrogens with zero attached hydrogens (tertiary/aromatic N) is 1. The van der Waals surface area contributed by atoms with Crippen molar-refractivity contribution in [3.8, 4) is 5.75 Å². The first kappa shape index (κ1) is 15.6. The average Bonchev–Trinajstić information content (AvgIpc) is 2.66. The predicted octanol–water partition coefficient (Wildman–Crippen LogP) is 4.52. The highest BCUT2D eigenvalue weighted by atomic mass is 16.5. The van der Waals surface area contributed by atoms with Gasteiger partial charge in [-0.05, 0) is 79.2 Å². The topological polar surface area (TPSA) is 42.4 Å². The summed E-state index contributed by atoms with van der Waals surface area (Å²) in [4.78, 5) is 4.44. The van der Waals surface area contributed by atoms with Crippen molar-refractivity contribution in [2.45, 2.75) is 31.8 Å². The monoisotopic (exact) mass is 323 g/mol. The fraction of sp³-hybridized carbons (Fsp3) is 0.476. The van der Waals surface area contributed by atoms with Crippen LogP contribution in [0.1, 0.15) is 37.4 Å². The number of rotatable bonds is 4. The van der Waals surface area contributed by atoms with E-state index in [2.05, 4.69) is 17.6 Å². The van der Waals surface area contributed by atoms with Crippen LogP contribution in [-0.4, -0.2) is 17.2 Å². The van der Waals surface area contributed by atoms with Crippen molar-refractivity contribution < 1.29 is 9.84 Å². The molecule has 0 aliphatic heterocycles. The third-order valence-corrected chi connectivity index (χ3v) is 6.28. The molecule has 0 saturated heterocycles. The van der Waals surface area contributed by atoms with Crippen molar-refractivity contribution >= 4 is 10.9 Å². The van der Waals surface area contributed by atoms with Gasteiger partial charge in [0.2, 0.25) is 0 Å². The van der Waals surface area contributed by atoms with E-state index in [9.17, 15) is 5.11 Å². The molecule has 3 nitrogen and oxygen atoms in total. The summed E-state index contributed by atoms with van der Waals surface area (Å²) in [5.74, 6) is 3.08. The molecule has 5 rings (SSSR count). The van der Waals surface area contributed by atoms with Gasteiger partial charge in [0, 0.05) is 11.6 Å². The van der Waals surface area contributed by atoms with Gasteiger partial charge in [0.05, 0.1) is 18.7 Å². The van der Waals surface area contributed by atoms with E-state index in [4.69, 9.17) is 4.74 Å². The van der Waals surface area contributed by atoms with Gasteiger partial charge in [-0.2, -0.15) is 0 Å². The Balaban J connectivity index is 1.69. The third-order valence-electron chi connectivity index (χ3n) is 6.28. The molecule has 3 aliphatic rings. The maximum atomic E-state index is 11.2. The molecule has 2 aromatic rings. The number of aliphatic hydroxyl groups excluding tert-OH is 1. The predicted molar refractivity (Wildman–Crippen MR) is 95.9 cm³/mol. The summed E-state index contributed by atoms with van der Waals surface area (Å²) in [7, 11) is 1.67. The van der Waals surface area contributed by atoms with Crippen LogP contribution in [0.15, 0.2) is 43.1 Å². The lowest BCUT2D eigenvalue weighted by atomic mass is 9.58. The van der Waals surface area contributed by atoms with E-state index in [1.807, 2.05) is 24.3 Å². The van der Waals surface area contributed by atoms with Crippen molar-refractivity contribution in [1.82, 2.24) is 4.98 Å². The number of ether oxygens (including phenoxy) is 1. The second-order valence-electron chi connectivity index (χ2n) is 7.36. The van der Waals surface area contributed by atoms with Crippen LogP contribution >= 0.6 is 0 Å². The molecule has 1 N–H and O–H groups in total. The smallest absolute Gasteiger partial charge is 0.119 e. The van der Waals surface area contributed by atoms with E-state index in [0.29, 0.717) is 23.7 Å². The molecule has 1 aromatic heterocycles. The number of pyridine rings is 1. The summed E-state index contributed by atoms with van der Waals surface area (Å²) in [6.07, 6.45) is 8.32. The fourth-order valence-corrected chi connectivity index (χ4v) is 4.96. The Morgan fingerprint density at radius 1 is 1.25 bits per heavy atom. The molecule has 3 aliphatic carbocycles. The Labute approximate surface area is 143 Å². The maximum Gasteiger partial charge on any atom is 0.119 e. The molecule has 0 radical (unpaired) electrons. The van der Waals surface area contributed by atoms with Gasteiger partial charge in [-0.15, -0.1) is 6.58 Å². The lowest BCUT2D eigenvalue weighted by Crippen LogP contribution is -2.39. The third kappa shape index (κ3) is 2.51. The molecule has 24 heavy (non-hydrogen) atoms. The standard InChI is InChI=1S/C21H25NO2/c1-3-13-10-15-5-4-14(13)11-18(15)21(23)17-8-9-22-20-7-6-16(24-2)12-19(17)20/h3,6-9,12-15,18,21,23H,1,4-5,10-11H2,2H3. The first-order chi connectivity index (χ1) is 11.7. The second-order valence-corrected chi connectivity index (χ2v) is 7.36. The number of aromatic nitrogens is 1. The minimum atomic E-state index is -0.429. The number of aliphatic hydroxyl groups is 1. The van der Waals surface area contributed by atoms with Gasteiger partial charge >= 0.3 is 0 Å². The van der Waals surface area contributed by atoms with Gasteiger partial charge in [0.25, 0.3) is 0 Å². The molecular weight excluding hydrogens is 298 g/mol. The van der Waals surface area contributed by atoms with Gasteiger partial charge in [-0.25, -0.2) is 0 Å². The van der Waals surface area contributed by atoms with Gasteiger partial charge in [-0.3, -0.25) is 4.98 Å². The summed E-state index contributed by atoms with van der Waals surface area (Å²) in [5, 5.41) is 12.2. The Kier molecular flexibility index (Phi) is 4.05. The highest BCUT2D eigenvalue weighted by molar-refractivity contribution is 5.83. The highest BCUT2D eigenvalue weighted by Crippen LogP contribution is 2.52. The zero-order valence-electron chi connectivity index (χ0n) is 14.2. The Morgan fingerprint density at radius 3 is 2.79 bits per heavy atom. The van der Waals surface area contributed by atoms with Crippen molar-refractivity contribution in [2.24, 2.45) is 23.7 Å². The second kappa shape index (κ2) is 6.21. The lowest BCUT2D eigenvalue weighted by Gasteiger charge is -2.48. The minimum Gasteiger partial charge on any atom is -0.497 e. The molecule has 0 spiro atoms. The van der Waals surface area contributed by atoms with Crippen LogP contribution in [0.5, 0.6) is 5.75 Å². The summed E-state index contributed by atoms with van der Waals surface area (Å²) in [6.45, 7) is 4.01. The van der Waals surface area contributed by atoms with E-state index >= 15 is 0 Å². The summed E-state index contributed by atoms with van der Waals surface area (Å²) in [6, 6.07) is 7.85. The Hall–Kier alpha value is -1.87. The minimum absolute atomic E-state index is 0.344. The van der Waals surface area contributed by atoms with E-state index in [0.717, 1.165) is 28.6 Å². The first-order valence-corrected chi connectivity index (χ1v) is 8.94. The van der Waals surface area contributed by atoms with E-state index in [1.165, 1.54) is 19.3 Å². The maximum absolute atomic E-state index is 11.2. The van der Waals surface area contributed by atoms with Crippen molar-refractivity contribution in [3.63, 3.8) is 0 Å². The quantitative estimate of drug-likeness (QED) is 0.842. The first-order valence-electron chi connectivity index (χ1n) is 8.94. The van der Waals surface area contributed by atoms with E-state index in [-0.39, 0.29) is 0 Å². The molecule has 0 amide bonds. The molecule has 5 unspecified atom stereocenters. The van der Waals surface area contributed by atoms with Crippen molar-refractivity contribution in [3.05, 3.63) is 48.7 Å². The molecular formula is C21H25NO2. The van der Waals surface area contributed by atoms with E-state index < -0.39 is 6.10 Å². The summed E-state index contributed by atoms with van der Waals surface area (Å²) >= 11 is 0. The van der Waals surface area contributed by atoms with Crippen LogP contribution in [0.2, 0.25) is 0 Å². The van der Waals surface area contributed by atoms with E-state index in [1.54, 1.807) is 13.3 Å². The van der Waals surface area contributed by atoms with Crippen LogP contribution in [0.4, 0.5) is 0 Å². The van der Waals surface area contributed by atoms with Crippen molar-refractivity contribution in [2.75, 3.05) is 7.11 Å². The number of benzene rings is 1. The number of fused-ring (bicyclic) bond motifs is 4. The molecule has 2 bridgehead atoms. The van der Waals surface area contributed by atoms with Gasteiger partial charge in [-0.1, -0.05) is 6.08 Å². The zero-order valence-corrected chi connectivity index (χ0v) is 14.2. The fourth-order valence-electron chi connectivity index (χ4n) is 4.96. The van der Waals surface area contributed by atoms with Crippen LogP contribution in [0.25, 0.3) is 10.9 Å². The molecule has 1 heterocycles. The highest BCUT2D eigenvalue weighted by Gasteiger charge is 2.43. The van der Waals surface area contributed by atoms with Gasteiger partial charge in [0.15, 0.2) is 0 Å². The molecule has 126 valence electrons. The van der Waals surface area contributed by atoms with Crippen LogP contribution < -0.4 is 4.74 Å². The van der Waals surface area contributed by atoms with Crippen molar-refractivity contribution in [1.29, 1.82) is 0 Å². The van der Waals surface area contributed by atoms with Gasteiger partial charge < -0.3 is 9.84 Å².